The van der Waals surface area contributed by atoms with Crippen molar-refractivity contribution in [2.45, 2.75) is 38.6 Å². The maximum atomic E-state index is 13.4. The van der Waals surface area contributed by atoms with E-state index in [1.54, 1.807) is 0 Å². The minimum atomic E-state index is -0.199. The molecule has 1 aromatic rings. The molecule has 0 aromatic heterocycles. The maximum absolute atomic E-state index is 13.4. The standard InChI is InChI=1S/C21H33FN4O/c1-3-21(9-4-10-21)16-25-20(23-2)24-15-19(26-11-13-27-14-12-26)17-5-7-18(22)8-6-17/h5-8,19H,3-4,9-16H2,1-2H3,(H2,23,24,25). The van der Waals surface area contributed by atoms with Gasteiger partial charge >= 0.3 is 0 Å². The number of ether oxygens (including phenoxy) is 1. The Hall–Kier alpha value is -1.66. The number of nitrogens with one attached hydrogen (secondary N) is 2. The summed E-state index contributed by atoms with van der Waals surface area (Å²) < 4.78 is 18.9. The van der Waals surface area contributed by atoms with Crippen LogP contribution in [0.5, 0.6) is 0 Å². The molecule has 0 bridgehead atoms. The van der Waals surface area contributed by atoms with Crippen LogP contribution in [0.3, 0.4) is 0 Å². The molecular formula is C21H33FN4O. The van der Waals surface area contributed by atoms with Gasteiger partial charge < -0.3 is 15.4 Å². The molecule has 27 heavy (non-hydrogen) atoms. The van der Waals surface area contributed by atoms with Gasteiger partial charge in [-0.3, -0.25) is 9.89 Å². The fourth-order valence-corrected chi connectivity index (χ4v) is 4.05. The SMILES string of the molecule is CCC1(CNC(=NC)NCC(c2ccc(F)cc2)N2CCOCC2)CCC1. The third-order valence-corrected chi connectivity index (χ3v) is 6.22. The average Bonchev–Trinajstić information content (AvgIpc) is 2.68. The molecule has 6 heteroatoms. The van der Waals surface area contributed by atoms with E-state index in [0.717, 1.165) is 50.9 Å². The highest BCUT2D eigenvalue weighted by Crippen LogP contribution is 2.43. The number of rotatable bonds is 7. The molecule has 5 nitrogen and oxygen atoms in total. The molecule has 0 spiro atoms. The van der Waals surface area contributed by atoms with Crippen molar-refractivity contribution in [1.29, 1.82) is 0 Å². The van der Waals surface area contributed by atoms with E-state index in [-0.39, 0.29) is 11.9 Å². The normalized spacial score (nSPS) is 21.4. The molecule has 2 aliphatic rings. The van der Waals surface area contributed by atoms with Crippen LogP contribution < -0.4 is 10.6 Å². The molecule has 3 rings (SSSR count). The Balaban J connectivity index is 1.61. The second-order valence-electron chi connectivity index (χ2n) is 7.73. The van der Waals surface area contributed by atoms with Gasteiger partial charge in [-0.05, 0) is 42.4 Å². The van der Waals surface area contributed by atoms with E-state index in [1.807, 2.05) is 19.2 Å². The van der Waals surface area contributed by atoms with Crippen LogP contribution >= 0.6 is 0 Å². The van der Waals surface area contributed by atoms with Crippen molar-refractivity contribution in [3.8, 4) is 0 Å². The summed E-state index contributed by atoms with van der Waals surface area (Å²) in [5, 5.41) is 7.01. The van der Waals surface area contributed by atoms with Crippen molar-refractivity contribution < 1.29 is 9.13 Å². The number of aliphatic imine (C=N–C) groups is 1. The first-order chi connectivity index (χ1) is 13.2. The first-order valence-electron chi connectivity index (χ1n) is 10.2. The predicted molar refractivity (Wildman–Crippen MR) is 107 cm³/mol. The lowest BCUT2D eigenvalue weighted by Gasteiger charge is -2.41. The lowest BCUT2D eigenvalue weighted by Crippen LogP contribution is -2.49. The van der Waals surface area contributed by atoms with E-state index in [2.05, 4.69) is 27.4 Å². The lowest BCUT2D eigenvalue weighted by atomic mass is 9.67. The number of benzene rings is 1. The van der Waals surface area contributed by atoms with Gasteiger partial charge in [-0.1, -0.05) is 25.5 Å². The van der Waals surface area contributed by atoms with Crippen LogP contribution in [0.25, 0.3) is 0 Å². The van der Waals surface area contributed by atoms with Crippen LogP contribution in [0, 0.1) is 11.2 Å². The first kappa shape index (κ1) is 20.1. The Kier molecular flexibility index (Phi) is 7.07. The molecule has 1 unspecified atom stereocenters. The number of hydrogen-bond donors (Lipinski definition) is 2. The van der Waals surface area contributed by atoms with E-state index >= 15 is 0 Å². The summed E-state index contributed by atoms with van der Waals surface area (Å²) in [6.07, 6.45) is 5.16. The van der Waals surface area contributed by atoms with Gasteiger partial charge in [-0.2, -0.15) is 0 Å². The zero-order valence-corrected chi connectivity index (χ0v) is 16.6. The van der Waals surface area contributed by atoms with Crippen LogP contribution in [0.4, 0.5) is 4.39 Å². The summed E-state index contributed by atoms with van der Waals surface area (Å²) >= 11 is 0. The molecular weight excluding hydrogens is 343 g/mol. The predicted octanol–water partition coefficient (Wildman–Crippen LogP) is 2.94. The van der Waals surface area contributed by atoms with Gasteiger partial charge in [-0.15, -0.1) is 0 Å². The molecule has 2 fully saturated rings. The van der Waals surface area contributed by atoms with Crippen molar-refractivity contribution in [2.75, 3.05) is 46.4 Å². The van der Waals surface area contributed by atoms with E-state index in [4.69, 9.17) is 4.74 Å². The lowest BCUT2D eigenvalue weighted by molar-refractivity contribution is 0.0169. The van der Waals surface area contributed by atoms with Crippen LogP contribution in [0.15, 0.2) is 29.3 Å². The van der Waals surface area contributed by atoms with Crippen molar-refractivity contribution in [2.24, 2.45) is 10.4 Å². The second kappa shape index (κ2) is 9.51. The highest BCUT2D eigenvalue weighted by molar-refractivity contribution is 5.79. The summed E-state index contributed by atoms with van der Waals surface area (Å²) in [4.78, 5) is 6.80. The quantitative estimate of drug-likeness (QED) is 0.567. The third kappa shape index (κ3) is 5.20. The van der Waals surface area contributed by atoms with Crippen molar-refractivity contribution in [3.05, 3.63) is 35.6 Å². The Morgan fingerprint density at radius 1 is 1.22 bits per heavy atom. The van der Waals surface area contributed by atoms with E-state index < -0.39 is 0 Å². The van der Waals surface area contributed by atoms with Gasteiger partial charge in [-0.25, -0.2) is 4.39 Å². The number of morpholine rings is 1. The Bertz CT molecular complexity index is 604. The molecule has 1 saturated heterocycles. The van der Waals surface area contributed by atoms with Crippen LogP contribution in [-0.2, 0) is 4.74 Å². The zero-order chi connectivity index (χ0) is 19.1. The summed E-state index contributed by atoms with van der Waals surface area (Å²) in [5.41, 5.74) is 1.56. The first-order valence-corrected chi connectivity index (χ1v) is 10.2. The Morgan fingerprint density at radius 3 is 2.48 bits per heavy atom. The molecule has 0 amide bonds. The molecule has 1 atom stereocenters. The number of halogens is 1. The highest BCUT2D eigenvalue weighted by Gasteiger charge is 2.35. The van der Waals surface area contributed by atoms with E-state index in [9.17, 15) is 4.39 Å². The van der Waals surface area contributed by atoms with Gasteiger partial charge in [0, 0.05) is 33.2 Å². The molecule has 1 aliphatic carbocycles. The average molecular weight is 377 g/mol. The molecule has 1 saturated carbocycles. The van der Waals surface area contributed by atoms with Gasteiger partial charge in [0.05, 0.1) is 19.3 Å². The summed E-state index contributed by atoms with van der Waals surface area (Å²) in [6, 6.07) is 7.01. The largest absolute Gasteiger partial charge is 0.379 e. The van der Waals surface area contributed by atoms with E-state index in [1.165, 1.54) is 37.8 Å². The number of nitrogens with zero attached hydrogens (tertiary/aromatic N) is 2. The summed E-state index contributed by atoms with van der Waals surface area (Å²) in [5.74, 6) is 0.644. The molecule has 1 aliphatic heterocycles. The Morgan fingerprint density at radius 2 is 1.93 bits per heavy atom. The zero-order valence-electron chi connectivity index (χ0n) is 16.6. The number of guanidine groups is 1. The molecule has 1 aromatic carbocycles. The van der Waals surface area contributed by atoms with Crippen LogP contribution in [-0.4, -0.2) is 57.3 Å². The van der Waals surface area contributed by atoms with Gasteiger partial charge in [0.1, 0.15) is 5.82 Å². The van der Waals surface area contributed by atoms with Crippen molar-refractivity contribution in [3.63, 3.8) is 0 Å². The minimum Gasteiger partial charge on any atom is -0.379 e. The Labute approximate surface area is 162 Å². The third-order valence-electron chi connectivity index (χ3n) is 6.22. The summed E-state index contributed by atoms with van der Waals surface area (Å²) in [7, 11) is 1.82. The maximum Gasteiger partial charge on any atom is 0.191 e. The topological polar surface area (TPSA) is 48.9 Å². The van der Waals surface area contributed by atoms with Crippen LogP contribution in [0.1, 0.15) is 44.2 Å². The molecule has 2 N–H and O–H groups in total. The van der Waals surface area contributed by atoms with Gasteiger partial charge in [0.2, 0.25) is 0 Å². The molecule has 150 valence electrons. The summed E-state index contributed by atoms with van der Waals surface area (Å²) in [6.45, 7) is 7.23. The van der Waals surface area contributed by atoms with Gasteiger partial charge in [0.25, 0.3) is 0 Å². The fraction of sp³-hybridized carbons (Fsp3) is 0.667. The van der Waals surface area contributed by atoms with Crippen LogP contribution in [0.2, 0.25) is 0 Å². The smallest absolute Gasteiger partial charge is 0.191 e. The van der Waals surface area contributed by atoms with Gasteiger partial charge in [0.15, 0.2) is 5.96 Å². The monoisotopic (exact) mass is 376 g/mol. The molecule has 1 heterocycles. The van der Waals surface area contributed by atoms with Crippen molar-refractivity contribution in [1.82, 2.24) is 15.5 Å². The number of hydrogen-bond acceptors (Lipinski definition) is 3. The van der Waals surface area contributed by atoms with E-state index in [0.29, 0.717) is 5.41 Å². The fourth-order valence-electron chi connectivity index (χ4n) is 4.05. The molecule has 0 radical (unpaired) electrons. The minimum absolute atomic E-state index is 0.164. The second-order valence-corrected chi connectivity index (χ2v) is 7.73. The van der Waals surface area contributed by atoms with Crippen molar-refractivity contribution >= 4 is 5.96 Å². The highest BCUT2D eigenvalue weighted by atomic mass is 19.1.